The molecule has 12 rings (SSSR count). The summed E-state index contributed by atoms with van der Waals surface area (Å²) in [5.41, 5.74) is 16.4. The third-order valence-electron chi connectivity index (χ3n) is 12.4. The van der Waals surface area contributed by atoms with Gasteiger partial charge in [-0.15, -0.1) is 11.3 Å². The molecule has 63 heavy (non-hydrogen) atoms. The van der Waals surface area contributed by atoms with Crippen LogP contribution in [0.25, 0.3) is 92.2 Å². The summed E-state index contributed by atoms with van der Waals surface area (Å²) >= 11 is 1.86. The number of rotatable bonds is 8. The smallest absolute Gasteiger partial charge is 0.0542 e. The van der Waals surface area contributed by atoms with Crippen LogP contribution in [-0.4, -0.2) is 4.57 Å². The fraction of sp³-hybridized carbons (Fsp3) is 0. The van der Waals surface area contributed by atoms with Crippen molar-refractivity contribution in [2.45, 2.75) is 0 Å². The van der Waals surface area contributed by atoms with Gasteiger partial charge in [-0.05, 0) is 136 Å². The molecule has 0 unspecified atom stereocenters. The van der Waals surface area contributed by atoms with Gasteiger partial charge in [-0.1, -0.05) is 152 Å². The monoisotopic (exact) mass is 820 g/mol. The van der Waals surface area contributed by atoms with Gasteiger partial charge in [0.15, 0.2) is 0 Å². The second-order valence-corrected chi connectivity index (χ2v) is 17.2. The Kier molecular flexibility index (Phi) is 9.06. The standard InChI is InChI=1S/C60H40N2S/c1-4-14-41(15-5-1)46-36-47(42-16-6-2-7-17-42)38-48(37-46)44-26-31-51(32-27-44)61(50-29-24-43(25-30-50)45-28-34-55-54-21-11-13-23-59(54)63-60(55)39-45)52-33-35-58-56(40-52)53-20-10-12-22-57(53)62(58)49-18-8-3-9-19-49/h1-40H. The van der Waals surface area contributed by atoms with Gasteiger partial charge in [0, 0.05) is 53.7 Å². The van der Waals surface area contributed by atoms with E-state index in [-0.39, 0.29) is 0 Å². The second kappa shape index (κ2) is 15.5. The molecule has 0 atom stereocenters. The lowest BCUT2D eigenvalue weighted by Gasteiger charge is -2.26. The number of thiophene rings is 1. The van der Waals surface area contributed by atoms with E-state index in [1.807, 2.05) is 11.3 Å². The van der Waals surface area contributed by atoms with Crippen LogP contribution in [-0.2, 0) is 0 Å². The zero-order valence-corrected chi connectivity index (χ0v) is 35.2. The number of benzene rings is 10. The maximum absolute atomic E-state index is 2.40. The average Bonchev–Trinajstić information content (AvgIpc) is 3.90. The van der Waals surface area contributed by atoms with E-state index < -0.39 is 0 Å². The van der Waals surface area contributed by atoms with Crippen LogP contribution < -0.4 is 4.90 Å². The Morgan fingerprint density at radius 2 is 0.730 bits per heavy atom. The molecule has 0 N–H and O–H groups in total. The van der Waals surface area contributed by atoms with Crippen LogP contribution in [0.1, 0.15) is 0 Å². The highest BCUT2D eigenvalue weighted by molar-refractivity contribution is 7.25. The third-order valence-corrected chi connectivity index (χ3v) is 13.5. The van der Waals surface area contributed by atoms with Crippen molar-refractivity contribution in [3.05, 3.63) is 243 Å². The van der Waals surface area contributed by atoms with E-state index in [0.29, 0.717) is 0 Å². The lowest BCUT2D eigenvalue weighted by Crippen LogP contribution is -2.10. The minimum atomic E-state index is 1.09. The Hall–Kier alpha value is -7.98. The molecule has 2 heterocycles. The van der Waals surface area contributed by atoms with E-state index in [9.17, 15) is 0 Å². The zero-order chi connectivity index (χ0) is 41.7. The molecular formula is C60H40N2S. The molecular weight excluding hydrogens is 781 g/mol. The number of aromatic nitrogens is 1. The predicted molar refractivity (Wildman–Crippen MR) is 270 cm³/mol. The van der Waals surface area contributed by atoms with Crippen molar-refractivity contribution in [2.75, 3.05) is 4.90 Å². The van der Waals surface area contributed by atoms with E-state index in [4.69, 9.17) is 0 Å². The summed E-state index contributed by atoms with van der Waals surface area (Å²) in [6.07, 6.45) is 0. The van der Waals surface area contributed by atoms with E-state index in [1.54, 1.807) is 0 Å². The van der Waals surface area contributed by atoms with E-state index in [0.717, 1.165) is 22.7 Å². The van der Waals surface area contributed by atoms with Gasteiger partial charge in [0.2, 0.25) is 0 Å². The molecule has 0 amide bonds. The van der Waals surface area contributed by atoms with Crippen molar-refractivity contribution >= 4 is 70.4 Å². The summed E-state index contributed by atoms with van der Waals surface area (Å²) in [6, 6.07) is 88.4. The quantitative estimate of drug-likeness (QED) is 0.148. The number of hydrogen-bond donors (Lipinski definition) is 0. The van der Waals surface area contributed by atoms with Gasteiger partial charge < -0.3 is 9.47 Å². The largest absolute Gasteiger partial charge is 0.310 e. The van der Waals surface area contributed by atoms with Gasteiger partial charge >= 0.3 is 0 Å². The van der Waals surface area contributed by atoms with E-state index in [2.05, 4.69) is 252 Å². The Bertz CT molecular complexity index is 3530. The summed E-state index contributed by atoms with van der Waals surface area (Å²) in [7, 11) is 0. The van der Waals surface area contributed by atoms with Crippen molar-refractivity contribution in [1.82, 2.24) is 4.57 Å². The lowest BCUT2D eigenvalue weighted by atomic mass is 9.93. The molecule has 0 fully saturated rings. The first-order valence-corrected chi connectivity index (χ1v) is 22.3. The second-order valence-electron chi connectivity index (χ2n) is 16.2. The average molecular weight is 821 g/mol. The van der Waals surface area contributed by atoms with Crippen LogP contribution in [0.5, 0.6) is 0 Å². The highest BCUT2D eigenvalue weighted by Gasteiger charge is 2.18. The highest BCUT2D eigenvalue weighted by Crippen LogP contribution is 2.42. The summed E-state index contributed by atoms with van der Waals surface area (Å²) in [5, 5.41) is 5.09. The van der Waals surface area contributed by atoms with Crippen molar-refractivity contribution in [2.24, 2.45) is 0 Å². The van der Waals surface area contributed by atoms with Gasteiger partial charge in [0.25, 0.3) is 0 Å². The lowest BCUT2D eigenvalue weighted by molar-refractivity contribution is 1.18. The molecule has 3 heteroatoms. The van der Waals surface area contributed by atoms with Crippen molar-refractivity contribution < 1.29 is 0 Å². The fourth-order valence-electron chi connectivity index (χ4n) is 9.30. The van der Waals surface area contributed by atoms with Gasteiger partial charge in [0.05, 0.1) is 11.0 Å². The first kappa shape index (κ1) is 36.8. The molecule has 0 bridgehead atoms. The summed E-state index contributed by atoms with van der Waals surface area (Å²) in [6.45, 7) is 0. The number of fused-ring (bicyclic) bond motifs is 6. The van der Waals surface area contributed by atoms with Gasteiger partial charge in [0.1, 0.15) is 0 Å². The molecule has 10 aromatic carbocycles. The van der Waals surface area contributed by atoms with Crippen LogP contribution in [0.3, 0.4) is 0 Å². The molecule has 0 saturated carbocycles. The minimum absolute atomic E-state index is 1.09. The summed E-state index contributed by atoms with van der Waals surface area (Å²) in [5.74, 6) is 0. The maximum Gasteiger partial charge on any atom is 0.0542 e. The molecule has 12 aromatic rings. The molecule has 2 nitrogen and oxygen atoms in total. The Balaban J connectivity index is 0.981. The van der Waals surface area contributed by atoms with Crippen LogP contribution in [0.15, 0.2) is 243 Å². The molecule has 296 valence electrons. The summed E-state index contributed by atoms with van der Waals surface area (Å²) in [4.78, 5) is 2.40. The van der Waals surface area contributed by atoms with Crippen LogP contribution >= 0.6 is 11.3 Å². The number of anilines is 3. The fourth-order valence-corrected chi connectivity index (χ4v) is 10.4. The summed E-state index contributed by atoms with van der Waals surface area (Å²) < 4.78 is 5.02. The first-order chi connectivity index (χ1) is 31.2. The molecule has 0 radical (unpaired) electrons. The molecule has 0 aliphatic rings. The SMILES string of the molecule is c1ccc(-c2cc(-c3ccccc3)cc(-c3ccc(N(c4ccc(-c5ccc6c(c5)sc5ccccc56)cc4)c4ccc5c(c4)c4ccccc4n5-c4ccccc4)cc3)c2)cc1. The molecule has 0 aliphatic carbocycles. The molecule has 0 aliphatic heterocycles. The van der Waals surface area contributed by atoms with Crippen molar-refractivity contribution in [1.29, 1.82) is 0 Å². The third kappa shape index (κ3) is 6.67. The first-order valence-electron chi connectivity index (χ1n) is 21.5. The number of nitrogens with zero attached hydrogens (tertiary/aromatic N) is 2. The van der Waals surface area contributed by atoms with Crippen LogP contribution in [0.4, 0.5) is 17.1 Å². The Morgan fingerprint density at radius 1 is 0.270 bits per heavy atom. The van der Waals surface area contributed by atoms with Crippen molar-refractivity contribution in [3.8, 4) is 50.2 Å². The van der Waals surface area contributed by atoms with Crippen LogP contribution in [0.2, 0.25) is 0 Å². The van der Waals surface area contributed by atoms with Crippen LogP contribution in [0, 0.1) is 0 Å². The Morgan fingerprint density at radius 3 is 1.37 bits per heavy atom. The highest BCUT2D eigenvalue weighted by atomic mass is 32.1. The maximum atomic E-state index is 2.40. The Labute approximate surface area is 370 Å². The zero-order valence-electron chi connectivity index (χ0n) is 34.4. The molecule has 0 saturated heterocycles. The normalized spacial score (nSPS) is 11.5. The van der Waals surface area contributed by atoms with Gasteiger partial charge in [-0.25, -0.2) is 0 Å². The topological polar surface area (TPSA) is 8.17 Å². The van der Waals surface area contributed by atoms with Crippen molar-refractivity contribution in [3.63, 3.8) is 0 Å². The van der Waals surface area contributed by atoms with E-state index in [1.165, 1.54) is 86.5 Å². The van der Waals surface area contributed by atoms with Gasteiger partial charge in [-0.2, -0.15) is 0 Å². The van der Waals surface area contributed by atoms with Gasteiger partial charge in [-0.3, -0.25) is 0 Å². The number of para-hydroxylation sites is 2. The minimum Gasteiger partial charge on any atom is -0.310 e. The molecule has 2 aromatic heterocycles. The van der Waals surface area contributed by atoms with E-state index >= 15 is 0 Å². The molecule has 0 spiro atoms. The number of hydrogen-bond acceptors (Lipinski definition) is 2. The predicted octanol–water partition coefficient (Wildman–Crippen LogP) is 17.3.